The Balaban J connectivity index is 2.98. The number of fused-ring (bicyclic) bond motifs is 1. The van der Waals surface area contributed by atoms with Crippen LogP contribution >= 0.6 is 0 Å². The molecule has 2 aromatic rings. The second kappa shape index (κ2) is 5.24. The Hall–Kier alpha value is -1.89. The molecule has 7 nitrogen and oxygen atoms in total. The summed E-state index contributed by atoms with van der Waals surface area (Å²) in [5.74, 6) is 1.000. The van der Waals surface area contributed by atoms with Crippen molar-refractivity contribution in [2.75, 3.05) is 6.54 Å². The minimum Gasteiger partial charge on any atom is -0.329 e. The molecule has 110 valence electrons. The van der Waals surface area contributed by atoms with Gasteiger partial charge in [0.2, 0.25) is 0 Å². The van der Waals surface area contributed by atoms with Gasteiger partial charge in [-0.1, -0.05) is 13.8 Å². The molecular formula is C13H21N5O2. The largest absolute Gasteiger partial charge is 0.332 e. The molecule has 0 aliphatic heterocycles. The van der Waals surface area contributed by atoms with Gasteiger partial charge in [-0.3, -0.25) is 13.9 Å². The van der Waals surface area contributed by atoms with Crippen molar-refractivity contribution in [3.8, 4) is 0 Å². The quantitative estimate of drug-likeness (QED) is 0.853. The van der Waals surface area contributed by atoms with Gasteiger partial charge < -0.3 is 10.3 Å². The predicted octanol–water partition coefficient (Wildman–Crippen LogP) is -0.00130. The lowest BCUT2D eigenvalue weighted by atomic mass is 10.2. The van der Waals surface area contributed by atoms with Crippen molar-refractivity contribution in [3.05, 3.63) is 26.7 Å². The zero-order valence-corrected chi connectivity index (χ0v) is 12.4. The van der Waals surface area contributed by atoms with Crippen LogP contribution in [0.4, 0.5) is 0 Å². The summed E-state index contributed by atoms with van der Waals surface area (Å²) < 4.78 is 4.49. The maximum Gasteiger partial charge on any atom is 0.332 e. The van der Waals surface area contributed by atoms with Crippen LogP contribution in [-0.2, 0) is 20.1 Å². The highest BCUT2D eigenvalue weighted by atomic mass is 16.2. The van der Waals surface area contributed by atoms with Crippen molar-refractivity contribution in [1.82, 2.24) is 18.7 Å². The first-order chi connectivity index (χ1) is 9.43. The summed E-state index contributed by atoms with van der Waals surface area (Å²) >= 11 is 0. The molecule has 0 saturated heterocycles. The van der Waals surface area contributed by atoms with Crippen LogP contribution in [0.5, 0.6) is 0 Å². The molecule has 7 heteroatoms. The molecule has 0 bridgehead atoms. The summed E-state index contributed by atoms with van der Waals surface area (Å²) in [6.07, 6.45) is 0. The van der Waals surface area contributed by atoms with Gasteiger partial charge in [0, 0.05) is 32.6 Å². The fourth-order valence-corrected chi connectivity index (χ4v) is 2.48. The van der Waals surface area contributed by atoms with Crippen molar-refractivity contribution in [3.63, 3.8) is 0 Å². The van der Waals surface area contributed by atoms with Crippen LogP contribution in [0.1, 0.15) is 32.5 Å². The molecule has 0 aliphatic carbocycles. The fourth-order valence-electron chi connectivity index (χ4n) is 2.48. The molecule has 0 unspecified atom stereocenters. The summed E-state index contributed by atoms with van der Waals surface area (Å²) in [7, 11) is 1.63. The van der Waals surface area contributed by atoms with Gasteiger partial charge in [-0.05, 0) is 6.92 Å². The van der Waals surface area contributed by atoms with Gasteiger partial charge in [0.15, 0.2) is 11.2 Å². The Kier molecular flexibility index (Phi) is 3.80. The standard InChI is InChI=1S/C13H21N5O2/c1-5-17-9-11(15-10(17)8(2)3)16(4)13(20)18(7-6-14)12(9)19/h8H,5-7,14H2,1-4H3. The highest BCUT2D eigenvalue weighted by molar-refractivity contribution is 5.71. The second-order valence-corrected chi connectivity index (χ2v) is 5.13. The Morgan fingerprint density at radius 3 is 2.40 bits per heavy atom. The Morgan fingerprint density at radius 2 is 1.90 bits per heavy atom. The first-order valence-electron chi connectivity index (χ1n) is 6.84. The number of aryl methyl sites for hydroxylation is 2. The molecule has 0 amide bonds. The predicted molar refractivity (Wildman–Crippen MR) is 78.1 cm³/mol. The van der Waals surface area contributed by atoms with Crippen LogP contribution in [0.15, 0.2) is 9.59 Å². The summed E-state index contributed by atoms with van der Waals surface area (Å²) in [5, 5.41) is 0. The number of rotatable bonds is 4. The van der Waals surface area contributed by atoms with Crippen molar-refractivity contribution >= 4 is 11.2 Å². The van der Waals surface area contributed by atoms with Crippen LogP contribution in [0, 0.1) is 0 Å². The SMILES string of the molecule is CCn1c(C(C)C)nc2c1c(=O)n(CCN)c(=O)n2C. The zero-order chi connectivity index (χ0) is 15.0. The van der Waals surface area contributed by atoms with Gasteiger partial charge in [0.1, 0.15) is 5.82 Å². The average Bonchev–Trinajstić information content (AvgIpc) is 2.81. The molecule has 2 N–H and O–H groups in total. The smallest absolute Gasteiger partial charge is 0.329 e. The molecule has 20 heavy (non-hydrogen) atoms. The third-order valence-electron chi connectivity index (χ3n) is 3.45. The van der Waals surface area contributed by atoms with Gasteiger partial charge in [-0.2, -0.15) is 0 Å². The van der Waals surface area contributed by atoms with Crippen LogP contribution < -0.4 is 17.0 Å². The average molecular weight is 279 g/mol. The Labute approximate surface area is 116 Å². The van der Waals surface area contributed by atoms with E-state index in [1.165, 1.54) is 9.13 Å². The number of hydrogen-bond acceptors (Lipinski definition) is 4. The van der Waals surface area contributed by atoms with E-state index in [4.69, 9.17) is 5.73 Å². The third kappa shape index (κ3) is 1.98. The molecule has 2 heterocycles. The van der Waals surface area contributed by atoms with E-state index in [0.717, 1.165) is 5.82 Å². The van der Waals surface area contributed by atoms with E-state index in [1.54, 1.807) is 7.05 Å². The minimum absolute atomic E-state index is 0.180. The van der Waals surface area contributed by atoms with E-state index in [2.05, 4.69) is 4.98 Å². The summed E-state index contributed by atoms with van der Waals surface area (Å²) in [6.45, 7) is 7.10. The van der Waals surface area contributed by atoms with E-state index in [-0.39, 0.29) is 30.3 Å². The normalized spacial score (nSPS) is 11.7. The van der Waals surface area contributed by atoms with E-state index in [0.29, 0.717) is 17.7 Å². The summed E-state index contributed by atoms with van der Waals surface area (Å²) in [4.78, 5) is 29.2. The lowest BCUT2D eigenvalue weighted by Crippen LogP contribution is -2.41. The molecule has 2 aromatic heterocycles. The monoisotopic (exact) mass is 279 g/mol. The van der Waals surface area contributed by atoms with Crippen LogP contribution in [0.3, 0.4) is 0 Å². The number of nitrogens with two attached hydrogens (primary N) is 1. The molecule has 0 spiro atoms. The number of aromatic nitrogens is 4. The van der Waals surface area contributed by atoms with E-state index in [9.17, 15) is 9.59 Å². The number of imidazole rings is 1. The van der Waals surface area contributed by atoms with E-state index < -0.39 is 0 Å². The number of hydrogen-bond donors (Lipinski definition) is 1. The second-order valence-electron chi connectivity index (χ2n) is 5.13. The van der Waals surface area contributed by atoms with Gasteiger partial charge in [0.25, 0.3) is 5.56 Å². The van der Waals surface area contributed by atoms with Crippen molar-refractivity contribution in [2.24, 2.45) is 12.8 Å². The highest BCUT2D eigenvalue weighted by Crippen LogP contribution is 2.18. The molecule has 0 aliphatic rings. The molecule has 0 saturated carbocycles. The van der Waals surface area contributed by atoms with E-state index >= 15 is 0 Å². The van der Waals surface area contributed by atoms with Crippen LogP contribution in [0.25, 0.3) is 11.2 Å². The fraction of sp³-hybridized carbons (Fsp3) is 0.615. The third-order valence-corrected chi connectivity index (χ3v) is 3.45. The molecule has 0 aromatic carbocycles. The van der Waals surface area contributed by atoms with Gasteiger partial charge in [-0.25, -0.2) is 9.78 Å². The van der Waals surface area contributed by atoms with Crippen LogP contribution in [-0.4, -0.2) is 25.2 Å². The van der Waals surface area contributed by atoms with Crippen molar-refractivity contribution in [1.29, 1.82) is 0 Å². The topological polar surface area (TPSA) is 87.8 Å². The first-order valence-corrected chi connectivity index (χ1v) is 6.84. The lowest BCUT2D eigenvalue weighted by Gasteiger charge is -2.09. The van der Waals surface area contributed by atoms with Crippen molar-refractivity contribution < 1.29 is 0 Å². The van der Waals surface area contributed by atoms with Gasteiger partial charge in [0.05, 0.1) is 0 Å². The van der Waals surface area contributed by atoms with Gasteiger partial charge >= 0.3 is 5.69 Å². The molecule has 2 rings (SSSR count). The summed E-state index contributed by atoms with van der Waals surface area (Å²) in [6, 6.07) is 0. The Bertz CT molecular complexity index is 751. The molecular weight excluding hydrogens is 258 g/mol. The Morgan fingerprint density at radius 1 is 1.25 bits per heavy atom. The van der Waals surface area contributed by atoms with Gasteiger partial charge in [-0.15, -0.1) is 0 Å². The van der Waals surface area contributed by atoms with Crippen molar-refractivity contribution in [2.45, 2.75) is 39.8 Å². The maximum absolute atomic E-state index is 12.5. The molecule has 0 radical (unpaired) electrons. The molecule has 0 fully saturated rings. The summed E-state index contributed by atoms with van der Waals surface area (Å²) in [5.41, 5.74) is 5.73. The zero-order valence-electron chi connectivity index (χ0n) is 12.4. The maximum atomic E-state index is 12.5. The van der Waals surface area contributed by atoms with E-state index in [1.807, 2.05) is 25.3 Å². The molecule has 0 atom stereocenters. The number of nitrogens with zero attached hydrogens (tertiary/aromatic N) is 4. The highest BCUT2D eigenvalue weighted by Gasteiger charge is 2.20. The lowest BCUT2D eigenvalue weighted by molar-refractivity contribution is 0.606. The first kappa shape index (κ1) is 14.5. The van der Waals surface area contributed by atoms with Crippen LogP contribution in [0.2, 0.25) is 0 Å². The minimum atomic E-state index is -0.371.